The SMILES string of the molecule is OC1(CNCc2ccc(F)c(F)c2)CCCCC1. The summed E-state index contributed by atoms with van der Waals surface area (Å²) in [7, 11) is 0. The van der Waals surface area contributed by atoms with E-state index in [1.807, 2.05) is 0 Å². The van der Waals surface area contributed by atoms with Crippen LogP contribution in [0.15, 0.2) is 18.2 Å². The Kier molecular flexibility index (Phi) is 4.30. The minimum Gasteiger partial charge on any atom is -0.389 e. The van der Waals surface area contributed by atoms with Crippen molar-refractivity contribution < 1.29 is 13.9 Å². The average Bonchev–Trinajstić information content (AvgIpc) is 2.34. The fourth-order valence-corrected chi connectivity index (χ4v) is 2.48. The van der Waals surface area contributed by atoms with Gasteiger partial charge in [-0.3, -0.25) is 0 Å². The van der Waals surface area contributed by atoms with Gasteiger partial charge in [0.2, 0.25) is 0 Å². The number of hydrogen-bond acceptors (Lipinski definition) is 2. The molecule has 2 rings (SSSR count). The second-order valence-corrected chi connectivity index (χ2v) is 5.14. The van der Waals surface area contributed by atoms with Gasteiger partial charge in [-0.25, -0.2) is 8.78 Å². The molecule has 0 heterocycles. The number of benzene rings is 1. The molecule has 0 aliphatic heterocycles. The molecule has 0 atom stereocenters. The maximum atomic E-state index is 13.0. The topological polar surface area (TPSA) is 32.3 Å². The van der Waals surface area contributed by atoms with E-state index in [0.717, 1.165) is 31.7 Å². The van der Waals surface area contributed by atoms with Gasteiger partial charge in [-0.2, -0.15) is 0 Å². The van der Waals surface area contributed by atoms with Gasteiger partial charge in [0.15, 0.2) is 11.6 Å². The molecule has 0 aromatic heterocycles. The molecule has 2 nitrogen and oxygen atoms in total. The Labute approximate surface area is 106 Å². The highest BCUT2D eigenvalue weighted by Crippen LogP contribution is 2.27. The van der Waals surface area contributed by atoms with Crippen molar-refractivity contribution in [1.29, 1.82) is 0 Å². The van der Waals surface area contributed by atoms with Crippen LogP contribution >= 0.6 is 0 Å². The van der Waals surface area contributed by atoms with E-state index in [1.165, 1.54) is 12.5 Å². The van der Waals surface area contributed by atoms with Crippen LogP contribution in [0.4, 0.5) is 8.78 Å². The quantitative estimate of drug-likeness (QED) is 0.867. The summed E-state index contributed by atoms with van der Waals surface area (Å²) in [6.07, 6.45) is 4.94. The van der Waals surface area contributed by atoms with Gasteiger partial charge in [-0.05, 0) is 30.5 Å². The van der Waals surface area contributed by atoms with E-state index in [4.69, 9.17) is 0 Å². The summed E-state index contributed by atoms with van der Waals surface area (Å²) < 4.78 is 25.7. The van der Waals surface area contributed by atoms with Crippen LogP contribution in [-0.2, 0) is 6.54 Å². The maximum Gasteiger partial charge on any atom is 0.159 e. The summed E-state index contributed by atoms with van der Waals surface area (Å²) in [5.74, 6) is -1.66. The smallest absolute Gasteiger partial charge is 0.159 e. The molecule has 0 bridgehead atoms. The van der Waals surface area contributed by atoms with E-state index < -0.39 is 17.2 Å². The minimum absolute atomic E-state index is 0.444. The molecular formula is C14H19F2NO. The fraction of sp³-hybridized carbons (Fsp3) is 0.571. The Morgan fingerprint density at radius 3 is 2.50 bits per heavy atom. The molecule has 18 heavy (non-hydrogen) atoms. The zero-order chi connectivity index (χ0) is 13.0. The molecule has 1 aliphatic rings. The predicted molar refractivity (Wildman–Crippen MR) is 66.1 cm³/mol. The Balaban J connectivity index is 1.82. The van der Waals surface area contributed by atoms with Crippen LogP contribution in [0.25, 0.3) is 0 Å². The number of rotatable bonds is 4. The lowest BCUT2D eigenvalue weighted by Crippen LogP contribution is -2.41. The third-order valence-electron chi connectivity index (χ3n) is 3.55. The van der Waals surface area contributed by atoms with Crippen molar-refractivity contribution in [2.75, 3.05) is 6.54 Å². The third-order valence-corrected chi connectivity index (χ3v) is 3.55. The summed E-state index contributed by atoms with van der Waals surface area (Å²) >= 11 is 0. The van der Waals surface area contributed by atoms with Crippen LogP contribution in [0.1, 0.15) is 37.7 Å². The highest BCUT2D eigenvalue weighted by molar-refractivity contribution is 5.17. The van der Waals surface area contributed by atoms with E-state index in [-0.39, 0.29) is 0 Å². The third kappa shape index (κ3) is 3.50. The minimum atomic E-state index is -0.829. The molecule has 4 heteroatoms. The second-order valence-electron chi connectivity index (χ2n) is 5.14. The molecule has 1 saturated carbocycles. The molecule has 0 radical (unpaired) electrons. The van der Waals surface area contributed by atoms with Gasteiger partial charge in [0.1, 0.15) is 0 Å². The molecule has 1 aromatic rings. The van der Waals surface area contributed by atoms with Crippen molar-refractivity contribution in [2.45, 2.75) is 44.2 Å². The zero-order valence-corrected chi connectivity index (χ0v) is 10.4. The molecule has 0 saturated heterocycles. The van der Waals surface area contributed by atoms with Crippen LogP contribution in [0, 0.1) is 11.6 Å². The van der Waals surface area contributed by atoms with Crippen LogP contribution in [0.2, 0.25) is 0 Å². The van der Waals surface area contributed by atoms with E-state index in [2.05, 4.69) is 5.32 Å². The Morgan fingerprint density at radius 2 is 1.83 bits per heavy atom. The van der Waals surface area contributed by atoms with Gasteiger partial charge >= 0.3 is 0 Å². The summed E-state index contributed by atoms with van der Waals surface area (Å²) in [5, 5.41) is 13.4. The van der Waals surface area contributed by atoms with Gasteiger partial charge in [0, 0.05) is 13.1 Å². The van der Waals surface area contributed by atoms with Gasteiger partial charge in [-0.1, -0.05) is 25.3 Å². The maximum absolute atomic E-state index is 13.0. The molecule has 0 spiro atoms. The standard InChI is InChI=1S/C14H19F2NO/c15-12-5-4-11(8-13(12)16)9-17-10-14(18)6-2-1-3-7-14/h4-5,8,17-18H,1-3,6-7,9-10H2. The first-order valence-corrected chi connectivity index (χ1v) is 6.46. The molecular weight excluding hydrogens is 236 g/mol. The highest BCUT2D eigenvalue weighted by Gasteiger charge is 2.28. The van der Waals surface area contributed by atoms with E-state index in [9.17, 15) is 13.9 Å². The van der Waals surface area contributed by atoms with Crippen LogP contribution in [0.5, 0.6) is 0 Å². The largest absolute Gasteiger partial charge is 0.389 e. The number of aliphatic hydroxyl groups is 1. The fourth-order valence-electron chi connectivity index (χ4n) is 2.48. The normalized spacial score (nSPS) is 18.8. The lowest BCUT2D eigenvalue weighted by atomic mass is 9.85. The van der Waals surface area contributed by atoms with Crippen LogP contribution in [-0.4, -0.2) is 17.3 Å². The summed E-state index contributed by atoms with van der Waals surface area (Å²) in [6, 6.07) is 3.87. The molecule has 100 valence electrons. The summed E-state index contributed by atoms with van der Waals surface area (Å²) in [5.41, 5.74) is 0.0601. The Bertz CT molecular complexity index is 403. The lowest BCUT2D eigenvalue weighted by Gasteiger charge is -2.32. The second kappa shape index (κ2) is 5.76. The van der Waals surface area contributed by atoms with Gasteiger partial charge in [0.25, 0.3) is 0 Å². The molecule has 2 N–H and O–H groups in total. The number of hydrogen-bond donors (Lipinski definition) is 2. The first-order chi connectivity index (χ1) is 8.59. The van der Waals surface area contributed by atoms with Crippen molar-refractivity contribution in [2.24, 2.45) is 0 Å². The van der Waals surface area contributed by atoms with Crippen molar-refractivity contribution >= 4 is 0 Å². The van der Waals surface area contributed by atoms with Crippen LogP contribution in [0.3, 0.4) is 0 Å². The first-order valence-electron chi connectivity index (χ1n) is 6.46. The summed E-state index contributed by atoms with van der Waals surface area (Å²) in [6.45, 7) is 0.950. The van der Waals surface area contributed by atoms with Crippen LogP contribution < -0.4 is 5.32 Å². The van der Waals surface area contributed by atoms with Gasteiger partial charge in [0.05, 0.1) is 5.60 Å². The monoisotopic (exact) mass is 255 g/mol. The number of halogens is 2. The zero-order valence-electron chi connectivity index (χ0n) is 10.4. The predicted octanol–water partition coefficient (Wildman–Crippen LogP) is 2.75. The van der Waals surface area contributed by atoms with E-state index in [0.29, 0.717) is 18.7 Å². The average molecular weight is 255 g/mol. The summed E-state index contributed by atoms with van der Waals surface area (Å²) in [4.78, 5) is 0. The van der Waals surface area contributed by atoms with Crippen molar-refractivity contribution in [1.82, 2.24) is 5.32 Å². The Morgan fingerprint density at radius 1 is 1.11 bits per heavy atom. The molecule has 1 aromatic carbocycles. The molecule has 1 aliphatic carbocycles. The Hall–Kier alpha value is -1.00. The molecule has 0 unspecified atom stereocenters. The van der Waals surface area contributed by atoms with Gasteiger partial charge in [-0.15, -0.1) is 0 Å². The van der Waals surface area contributed by atoms with E-state index >= 15 is 0 Å². The number of nitrogens with one attached hydrogen (secondary N) is 1. The van der Waals surface area contributed by atoms with Crippen molar-refractivity contribution in [3.8, 4) is 0 Å². The first kappa shape index (κ1) is 13.4. The lowest BCUT2D eigenvalue weighted by molar-refractivity contribution is 0.00467. The van der Waals surface area contributed by atoms with E-state index in [1.54, 1.807) is 6.07 Å². The van der Waals surface area contributed by atoms with Crippen molar-refractivity contribution in [3.63, 3.8) is 0 Å². The molecule has 0 amide bonds. The van der Waals surface area contributed by atoms with Gasteiger partial charge < -0.3 is 10.4 Å². The van der Waals surface area contributed by atoms with Crippen molar-refractivity contribution in [3.05, 3.63) is 35.4 Å². The molecule has 1 fully saturated rings. The highest BCUT2D eigenvalue weighted by atomic mass is 19.2.